The topological polar surface area (TPSA) is 15.3 Å². The van der Waals surface area contributed by atoms with Gasteiger partial charge < -0.3 is 35.1 Å². The molecule has 0 spiro atoms. The summed E-state index contributed by atoms with van der Waals surface area (Å²) in [5.74, 6) is 0. The molecule has 0 aliphatic rings. The largest absolute Gasteiger partial charge is 0.412 e. The molecule has 0 radical (unpaired) electrons. The highest BCUT2D eigenvalue weighted by molar-refractivity contribution is 8.00. The number of rotatable bonds is 5. The first-order chi connectivity index (χ1) is 5.20. The highest BCUT2D eigenvalue weighted by atomic mass is 32.1. The highest BCUT2D eigenvalue weighted by Crippen LogP contribution is 1.83. The molecule has 66 valence electrons. The second-order valence-corrected chi connectivity index (χ2v) is 3.32. The molecular formula is C7H15N2S2-. The van der Waals surface area contributed by atoms with Crippen LogP contribution in [0, 0.1) is 0 Å². The number of thiocarbonyl (C=S) groups is 1. The molecule has 0 aromatic rings. The molecule has 1 N–H and O–H groups in total. The fourth-order valence-corrected chi connectivity index (χ4v) is 1.06. The lowest BCUT2D eigenvalue weighted by Crippen LogP contribution is -2.33. The van der Waals surface area contributed by atoms with E-state index in [1.807, 2.05) is 0 Å². The fourth-order valence-electron chi connectivity index (χ4n) is 0.856. The molecule has 0 unspecified atom stereocenters. The first-order valence-electron chi connectivity index (χ1n) is 3.87. The maximum absolute atomic E-state index is 4.71. The summed E-state index contributed by atoms with van der Waals surface area (Å²) in [6.45, 7) is 8.35. The van der Waals surface area contributed by atoms with E-state index in [-0.39, 0.29) is 0 Å². The van der Waals surface area contributed by atoms with Crippen molar-refractivity contribution >= 4 is 29.2 Å². The Kier molecular flexibility index (Phi) is 6.80. The van der Waals surface area contributed by atoms with Gasteiger partial charge in [0, 0.05) is 13.1 Å². The zero-order chi connectivity index (χ0) is 8.69. The zero-order valence-electron chi connectivity index (χ0n) is 7.09. The van der Waals surface area contributed by atoms with Crippen LogP contribution in [0.3, 0.4) is 0 Å². The quantitative estimate of drug-likeness (QED) is 0.509. The van der Waals surface area contributed by atoms with Crippen molar-refractivity contribution < 1.29 is 0 Å². The highest BCUT2D eigenvalue weighted by Gasteiger charge is 1.95. The Balaban J connectivity index is 3.28. The van der Waals surface area contributed by atoms with Crippen molar-refractivity contribution in [2.75, 3.05) is 26.2 Å². The van der Waals surface area contributed by atoms with E-state index in [9.17, 15) is 0 Å². The van der Waals surface area contributed by atoms with Crippen molar-refractivity contribution in [3.05, 3.63) is 0 Å². The van der Waals surface area contributed by atoms with Crippen molar-refractivity contribution in [2.45, 2.75) is 13.8 Å². The van der Waals surface area contributed by atoms with Crippen LogP contribution < -0.4 is 5.32 Å². The van der Waals surface area contributed by atoms with Crippen LogP contribution in [0.1, 0.15) is 13.8 Å². The van der Waals surface area contributed by atoms with Crippen molar-refractivity contribution in [3.8, 4) is 0 Å². The first-order valence-corrected chi connectivity index (χ1v) is 4.69. The summed E-state index contributed by atoms with van der Waals surface area (Å²) in [6, 6.07) is 0. The number of nitrogens with zero attached hydrogens (tertiary/aromatic N) is 1. The van der Waals surface area contributed by atoms with Crippen molar-refractivity contribution in [2.24, 2.45) is 0 Å². The zero-order valence-corrected chi connectivity index (χ0v) is 8.73. The molecule has 0 saturated heterocycles. The molecular weight excluding hydrogens is 176 g/mol. The number of nitrogens with one attached hydrogen (secondary N) is 1. The summed E-state index contributed by atoms with van der Waals surface area (Å²) in [5.41, 5.74) is 0. The van der Waals surface area contributed by atoms with Crippen molar-refractivity contribution in [1.29, 1.82) is 0 Å². The number of hydrogen-bond acceptors (Lipinski definition) is 3. The van der Waals surface area contributed by atoms with E-state index in [0.717, 1.165) is 26.2 Å². The van der Waals surface area contributed by atoms with Crippen LogP contribution in [0.25, 0.3) is 0 Å². The lowest BCUT2D eigenvalue weighted by atomic mass is 10.5. The molecule has 0 aliphatic carbocycles. The van der Waals surface area contributed by atoms with E-state index in [2.05, 4.69) is 24.1 Å². The van der Waals surface area contributed by atoms with Gasteiger partial charge in [-0.25, -0.2) is 0 Å². The van der Waals surface area contributed by atoms with Gasteiger partial charge in [0.15, 0.2) is 0 Å². The summed E-state index contributed by atoms with van der Waals surface area (Å²) in [6.07, 6.45) is 0. The van der Waals surface area contributed by atoms with Crippen LogP contribution in [0.2, 0.25) is 0 Å². The van der Waals surface area contributed by atoms with E-state index in [1.54, 1.807) is 0 Å². The standard InChI is InChI=1S/C7H16N2S2/c1-3-9(4-2)6-5-8-7(10)11/h3-6H2,1-2H3,(H2,8,10,11)/p-1. The molecule has 0 fully saturated rings. The van der Waals surface area contributed by atoms with Gasteiger partial charge in [0.25, 0.3) is 0 Å². The van der Waals surface area contributed by atoms with Gasteiger partial charge in [-0.1, -0.05) is 18.2 Å². The minimum atomic E-state index is 0.470. The number of likely N-dealkylation sites (N-methyl/N-ethyl adjacent to an activating group) is 1. The Morgan fingerprint density at radius 2 is 2.00 bits per heavy atom. The van der Waals surface area contributed by atoms with Crippen LogP contribution in [0.4, 0.5) is 0 Å². The maximum Gasteiger partial charge on any atom is 0.0259 e. The fraction of sp³-hybridized carbons (Fsp3) is 0.857. The summed E-state index contributed by atoms with van der Waals surface area (Å²) in [5, 5.41) is 2.95. The lowest BCUT2D eigenvalue weighted by molar-refractivity contribution is 0.309. The SMILES string of the molecule is CCN(CC)CCNC(=S)[S-]. The van der Waals surface area contributed by atoms with E-state index in [0.29, 0.717) is 4.32 Å². The van der Waals surface area contributed by atoms with Gasteiger partial charge >= 0.3 is 0 Å². The molecule has 0 aromatic heterocycles. The molecule has 0 heterocycles. The van der Waals surface area contributed by atoms with Crippen molar-refractivity contribution in [1.82, 2.24) is 10.2 Å². The summed E-state index contributed by atoms with van der Waals surface area (Å²) < 4.78 is 0.470. The molecule has 2 nitrogen and oxygen atoms in total. The third-order valence-electron chi connectivity index (χ3n) is 1.59. The average Bonchev–Trinajstić information content (AvgIpc) is 1.98. The molecule has 0 amide bonds. The average molecular weight is 191 g/mol. The Labute approximate surface area is 79.8 Å². The predicted octanol–water partition coefficient (Wildman–Crippen LogP) is 0.750. The smallest absolute Gasteiger partial charge is 0.0259 e. The summed E-state index contributed by atoms with van der Waals surface area (Å²) in [4.78, 5) is 2.32. The van der Waals surface area contributed by atoms with Gasteiger partial charge in [-0.3, -0.25) is 0 Å². The van der Waals surface area contributed by atoms with Crippen LogP contribution in [-0.2, 0) is 12.6 Å². The molecule has 0 aliphatic heterocycles. The Bertz CT molecular complexity index is 113. The molecule has 4 heteroatoms. The number of hydrogen-bond donors (Lipinski definition) is 1. The van der Waals surface area contributed by atoms with Gasteiger partial charge in [0.2, 0.25) is 0 Å². The monoisotopic (exact) mass is 191 g/mol. The van der Waals surface area contributed by atoms with E-state index in [1.165, 1.54) is 0 Å². The molecule has 0 rings (SSSR count). The minimum Gasteiger partial charge on any atom is -0.412 e. The molecule has 0 atom stereocenters. The normalized spacial score (nSPS) is 10.1. The summed E-state index contributed by atoms with van der Waals surface area (Å²) >= 11 is 9.41. The van der Waals surface area contributed by atoms with E-state index < -0.39 is 0 Å². The second kappa shape index (κ2) is 6.76. The third-order valence-corrected chi connectivity index (χ3v) is 1.88. The maximum atomic E-state index is 4.71. The van der Waals surface area contributed by atoms with Crippen LogP contribution in [0.5, 0.6) is 0 Å². The van der Waals surface area contributed by atoms with Crippen LogP contribution >= 0.6 is 12.2 Å². The van der Waals surface area contributed by atoms with Gasteiger partial charge in [-0.15, -0.1) is 0 Å². The van der Waals surface area contributed by atoms with Gasteiger partial charge in [-0.2, -0.15) is 0 Å². The molecule has 0 bridgehead atoms. The molecule has 0 aromatic carbocycles. The second-order valence-electron chi connectivity index (χ2n) is 2.24. The minimum absolute atomic E-state index is 0.470. The van der Waals surface area contributed by atoms with Gasteiger partial charge in [0.05, 0.1) is 0 Å². The van der Waals surface area contributed by atoms with Gasteiger partial charge in [-0.05, 0) is 13.1 Å². The molecule has 11 heavy (non-hydrogen) atoms. The molecule has 0 saturated carbocycles. The van der Waals surface area contributed by atoms with Crippen LogP contribution in [-0.4, -0.2) is 35.4 Å². The van der Waals surface area contributed by atoms with Crippen LogP contribution in [0.15, 0.2) is 0 Å². The van der Waals surface area contributed by atoms with E-state index >= 15 is 0 Å². The Hall–Kier alpha value is 0.0700. The lowest BCUT2D eigenvalue weighted by Gasteiger charge is -2.19. The Morgan fingerprint density at radius 1 is 1.45 bits per heavy atom. The predicted molar refractivity (Wildman–Crippen MR) is 55.8 cm³/mol. The van der Waals surface area contributed by atoms with Gasteiger partial charge in [0.1, 0.15) is 0 Å². The Morgan fingerprint density at radius 3 is 2.36 bits per heavy atom. The first kappa shape index (κ1) is 11.1. The van der Waals surface area contributed by atoms with E-state index in [4.69, 9.17) is 24.8 Å². The summed E-state index contributed by atoms with van der Waals surface area (Å²) in [7, 11) is 0. The third kappa shape index (κ3) is 6.47. The van der Waals surface area contributed by atoms with Crippen molar-refractivity contribution in [3.63, 3.8) is 0 Å².